The molecule has 0 saturated carbocycles. The second-order valence-corrected chi connectivity index (χ2v) is 6.76. The molecule has 0 fully saturated rings. The van der Waals surface area contributed by atoms with Crippen LogP contribution in [0, 0.1) is 17.0 Å². The van der Waals surface area contributed by atoms with E-state index < -0.39 is 22.6 Å². The maximum atomic E-state index is 12.7. The Morgan fingerprint density at radius 2 is 2.11 bits per heavy atom. The second kappa shape index (κ2) is 7.63. The number of fused-ring (bicyclic) bond motifs is 1. The molecule has 1 aromatic heterocycles. The van der Waals surface area contributed by atoms with Gasteiger partial charge in [0.1, 0.15) is 6.54 Å². The summed E-state index contributed by atoms with van der Waals surface area (Å²) < 4.78 is 5.26. The van der Waals surface area contributed by atoms with Gasteiger partial charge < -0.3 is 20.2 Å². The molecule has 0 bridgehead atoms. The number of hydrogen-bond donors (Lipinski definition) is 1. The van der Waals surface area contributed by atoms with Crippen molar-refractivity contribution in [2.24, 2.45) is 0 Å². The molecular weight excluding hydrogens is 364 g/mol. The number of nitrogens with one attached hydrogen (secondary N) is 1. The average molecular weight is 384 g/mol. The third kappa shape index (κ3) is 3.78. The van der Waals surface area contributed by atoms with E-state index in [1.165, 1.54) is 12.1 Å². The Bertz CT molecular complexity index is 957. The lowest BCUT2D eigenvalue weighted by molar-refractivity contribution is -0.389. The molecule has 9 nitrogen and oxygen atoms in total. The molecule has 1 aliphatic rings. The summed E-state index contributed by atoms with van der Waals surface area (Å²) in [6.45, 7) is 5.35. The fourth-order valence-electron chi connectivity index (χ4n) is 3.00. The molecule has 0 atom stereocenters. The monoisotopic (exact) mass is 384 g/mol. The van der Waals surface area contributed by atoms with Crippen molar-refractivity contribution < 1.29 is 19.2 Å². The first kappa shape index (κ1) is 19.3. The normalized spacial score (nSPS) is 13.1. The van der Waals surface area contributed by atoms with Crippen molar-refractivity contribution in [2.45, 2.75) is 26.7 Å². The molecule has 0 saturated heterocycles. The molecule has 2 aromatic rings. The van der Waals surface area contributed by atoms with Crippen LogP contribution in [0.1, 0.15) is 30.9 Å². The van der Waals surface area contributed by atoms with Crippen LogP contribution in [-0.2, 0) is 9.59 Å². The lowest BCUT2D eigenvalue weighted by atomic mass is 9.98. The number of nitrogens with zero attached hydrogens (tertiary/aromatic N) is 3. The van der Waals surface area contributed by atoms with Gasteiger partial charge in [0.2, 0.25) is 5.91 Å². The van der Waals surface area contributed by atoms with E-state index in [0.717, 1.165) is 16.0 Å². The van der Waals surface area contributed by atoms with Crippen LogP contribution in [0.3, 0.4) is 0 Å². The van der Waals surface area contributed by atoms with Crippen molar-refractivity contribution in [1.29, 1.82) is 0 Å². The fraction of sp³-hybridized carbons (Fsp3) is 0.316. The fourth-order valence-corrected chi connectivity index (χ4v) is 3.00. The maximum absolute atomic E-state index is 12.7. The van der Waals surface area contributed by atoms with Gasteiger partial charge in [-0.25, -0.2) is 0 Å². The zero-order valence-electron chi connectivity index (χ0n) is 15.8. The second-order valence-electron chi connectivity index (χ2n) is 6.76. The van der Waals surface area contributed by atoms with E-state index in [9.17, 15) is 19.7 Å². The van der Waals surface area contributed by atoms with Gasteiger partial charge in [0.15, 0.2) is 12.4 Å². The van der Waals surface area contributed by atoms with Gasteiger partial charge in [-0.15, -0.1) is 0 Å². The third-order valence-electron chi connectivity index (χ3n) is 4.41. The third-order valence-corrected chi connectivity index (χ3v) is 4.41. The van der Waals surface area contributed by atoms with E-state index in [1.54, 1.807) is 0 Å². The molecule has 3 rings (SSSR count). The number of carbonyl (C=O) groups is 2. The quantitative estimate of drug-likeness (QED) is 0.626. The number of benzene rings is 1. The first-order chi connectivity index (χ1) is 13.3. The van der Waals surface area contributed by atoms with Crippen LogP contribution in [0.15, 0.2) is 30.3 Å². The van der Waals surface area contributed by atoms with Gasteiger partial charge in [0.25, 0.3) is 11.7 Å². The van der Waals surface area contributed by atoms with Gasteiger partial charge in [0, 0.05) is 11.8 Å². The summed E-state index contributed by atoms with van der Waals surface area (Å²) in [5.74, 6) is -0.963. The first-order valence-corrected chi connectivity index (χ1v) is 8.76. The zero-order chi connectivity index (χ0) is 20.4. The maximum Gasteiger partial charge on any atom is 0.366 e. The van der Waals surface area contributed by atoms with Gasteiger partial charge in [0.05, 0.1) is 0 Å². The number of hydrogen-bond acceptors (Lipinski definition) is 6. The number of anilines is 2. The molecule has 0 aliphatic carbocycles. The number of ether oxygens (including phenoxy) is 1. The van der Waals surface area contributed by atoms with Crippen molar-refractivity contribution in [2.75, 3.05) is 23.4 Å². The SMILES string of the molecule is Cc1cccc(C(C)C)c1NC(=O)CN1C(=O)COc2ccc([N+](=O)[O-])nc21. The van der Waals surface area contributed by atoms with Crippen LogP contribution in [0.4, 0.5) is 17.3 Å². The van der Waals surface area contributed by atoms with Crippen LogP contribution in [0.2, 0.25) is 0 Å². The number of aryl methyl sites for hydroxylation is 1. The zero-order valence-corrected chi connectivity index (χ0v) is 15.8. The molecule has 1 aliphatic heterocycles. The van der Waals surface area contributed by atoms with Crippen LogP contribution >= 0.6 is 0 Å². The molecule has 0 spiro atoms. The van der Waals surface area contributed by atoms with Crippen LogP contribution < -0.4 is 15.0 Å². The predicted octanol–water partition coefficient (Wildman–Crippen LogP) is 2.79. The Kier molecular flexibility index (Phi) is 5.25. The van der Waals surface area contributed by atoms with E-state index >= 15 is 0 Å². The minimum absolute atomic E-state index is 0.0329. The molecule has 28 heavy (non-hydrogen) atoms. The Labute approximate surface area is 161 Å². The Morgan fingerprint density at radius 1 is 1.36 bits per heavy atom. The summed E-state index contributed by atoms with van der Waals surface area (Å²) in [5, 5.41) is 13.9. The molecule has 9 heteroatoms. The number of nitro groups is 1. The van der Waals surface area contributed by atoms with Crippen LogP contribution in [0.5, 0.6) is 5.75 Å². The van der Waals surface area contributed by atoms with Crippen molar-refractivity contribution >= 4 is 29.1 Å². The predicted molar refractivity (Wildman–Crippen MR) is 103 cm³/mol. The molecule has 2 amide bonds. The largest absolute Gasteiger partial charge is 0.477 e. The van der Waals surface area contributed by atoms with Gasteiger partial charge in [-0.05, 0) is 39.9 Å². The van der Waals surface area contributed by atoms with Crippen molar-refractivity contribution in [3.63, 3.8) is 0 Å². The number of amides is 2. The van der Waals surface area contributed by atoms with Crippen molar-refractivity contribution in [3.05, 3.63) is 51.6 Å². The minimum Gasteiger partial charge on any atom is -0.477 e. The van der Waals surface area contributed by atoms with E-state index in [4.69, 9.17) is 4.74 Å². The van der Waals surface area contributed by atoms with E-state index in [2.05, 4.69) is 10.3 Å². The highest BCUT2D eigenvalue weighted by Gasteiger charge is 2.33. The average Bonchev–Trinajstić information content (AvgIpc) is 2.65. The lowest BCUT2D eigenvalue weighted by Gasteiger charge is -2.25. The van der Waals surface area contributed by atoms with E-state index in [0.29, 0.717) is 5.69 Å². The molecular formula is C19H20N4O5. The smallest absolute Gasteiger partial charge is 0.366 e. The molecule has 0 unspecified atom stereocenters. The Balaban J connectivity index is 1.87. The summed E-state index contributed by atoms with van der Waals surface area (Å²) in [6, 6.07) is 8.31. The van der Waals surface area contributed by atoms with Crippen LogP contribution in [0.25, 0.3) is 0 Å². The molecule has 1 N–H and O–H groups in total. The first-order valence-electron chi connectivity index (χ1n) is 8.76. The molecule has 146 valence electrons. The van der Waals surface area contributed by atoms with Gasteiger partial charge in [-0.3, -0.25) is 14.5 Å². The highest BCUT2D eigenvalue weighted by atomic mass is 16.6. The topological polar surface area (TPSA) is 115 Å². The number of pyridine rings is 1. The summed E-state index contributed by atoms with van der Waals surface area (Å²) in [7, 11) is 0. The van der Waals surface area contributed by atoms with Gasteiger partial charge >= 0.3 is 5.82 Å². The summed E-state index contributed by atoms with van der Waals surface area (Å²) in [4.78, 5) is 40.3. The number of carbonyl (C=O) groups excluding carboxylic acids is 2. The summed E-state index contributed by atoms with van der Waals surface area (Å²) in [6.07, 6.45) is 0. The summed E-state index contributed by atoms with van der Waals surface area (Å²) >= 11 is 0. The van der Waals surface area contributed by atoms with Crippen molar-refractivity contribution in [1.82, 2.24) is 4.98 Å². The molecule has 0 radical (unpaired) electrons. The number of rotatable bonds is 5. The Hall–Kier alpha value is -3.49. The number of aromatic nitrogens is 1. The Morgan fingerprint density at radius 3 is 2.79 bits per heavy atom. The molecule has 1 aromatic carbocycles. The number of para-hydroxylation sites is 1. The minimum atomic E-state index is -0.667. The highest BCUT2D eigenvalue weighted by Crippen LogP contribution is 2.32. The lowest BCUT2D eigenvalue weighted by Crippen LogP contribution is -2.44. The van der Waals surface area contributed by atoms with E-state index in [1.807, 2.05) is 39.0 Å². The molecule has 2 heterocycles. The van der Waals surface area contributed by atoms with Gasteiger partial charge in [-0.2, -0.15) is 0 Å². The van der Waals surface area contributed by atoms with Crippen LogP contribution in [-0.4, -0.2) is 34.9 Å². The van der Waals surface area contributed by atoms with E-state index in [-0.39, 0.29) is 30.6 Å². The van der Waals surface area contributed by atoms with Crippen molar-refractivity contribution in [3.8, 4) is 5.75 Å². The van der Waals surface area contributed by atoms with Gasteiger partial charge in [-0.1, -0.05) is 32.0 Å². The summed E-state index contributed by atoms with van der Waals surface area (Å²) in [5.41, 5.74) is 2.59. The highest BCUT2D eigenvalue weighted by molar-refractivity contribution is 6.04. The standard InChI is InChI=1S/C19H20N4O5/c1-11(2)13-6-4-5-12(3)18(13)21-16(24)9-22-17(25)10-28-14-7-8-15(23(26)27)20-19(14)22/h4-8,11H,9-10H2,1-3H3,(H,21,24).